The van der Waals surface area contributed by atoms with E-state index in [9.17, 15) is 0 Å². The van der Waals surface area contributed by atoms with Gasteiger partial charge in [-0.2, -0.15) is 0 Å². The number of aromatic nitrogens is 2. The minimum absolute atomic E-state index is 0.0459. The Labute approximate surface area is 295 Å². The van der Waals surface area contributed by atoms with E-state index in [-0.39, 0.29) is 11.7 Å². The zero-order valence-corrected chi connectivity index (χ0v) is 27.9. The summed E-state index contributed by atoms with van der Waals surface area (Å²) in [4.78, 5) is 5.53. The number of aliphatic imine (C=N–C) groups is 1. The van der Waals surface area contributed by atoms with E-state index in [1.807, 2.05) is 0 Å². The van der Waals surface area contributed by atoms with Gasteiger partial charge in [-0.15, -0.1) is 0 Å². The predicted octanol–water partition coefficient (Wildman–Crippen LogP) is 11.0. The zero-order chi connectivity index (χ0) is 33.5. The minimum Gasteiger partial charge on any atom is -0.360 e. The summed E-state index contributed by atoms with van der Waals surface area (Å²) in [6.45, 7) is 0. The van der Waals surface area contributed by atoms with E-state index in [0.717, 1.165) is 17.8 Å². The van der Waals surface area contributed by atoms with Gasteiger partial charge in [0.15, 0.2) is 0 Å². The van der Waals surface area contributed by atoms with E-state index >= 15 is 0 Å². The van der Waals surface area contributed by atoms with Gasteiger partial charge >= 0.3 is 0 Å². The van der Waals surface area contributed by atoms with Gasteiger partial charge < -0.3 is 14.5 Å². The van der Waals surface area contributed by atoms with E-state index < -0.39 is 0 Å². The van der Waals surface area contributed by atoms with Crippen LogP contribution in [0.15, 0.2) is 181 Å². The molecule has 51 heavy (non-hydrogen) atoms. The van der Waals surface area contributed by atoms with Gasteiger partial charge in [0.25, 0.3) is 0 Å². The Hall–Kier alpha value is -6.39. The van der Waals surface area contributed by atoms with Crippen LogP contribution in [0.3, 0.4) is 0 Å². The summed E-state index contributed by atoms with van der Waals surface area (Å²) in [5, 5.41) is 8.98. The summed E-state index contributed by atoms with van der Waals surface area (Å²) in [6.07, 6.45) is 0.986. The quantitative estimate of drug-likeness (QED) is 0.197. The Kier molecular flexibility index (Phi) is 6.03. The summed E-state index contributed by atoms with van der Waals surface area (Å²) in [5.74, 6) is 1.29. The molecule has 0 amide bonds. The first-order valence-electron chi connectivity index (χ1n) is 17.9. The normalized spacial score (nSPS) is 19.6. The summed E-state index contributed by atoms with van der Waals surface area (Å²) in [5.41, 5.74) is 10.8. The summed E-state index contributed by atoms with van der Waals surface area (Å²) < 4.78 is 4.89. The molecule has 0 spiro atoms. The molecule has 1 aliphatic heterocycles. The number of fused-ring (bicyclic) bond motifs is 7. The molecule has 1 fully saturated rings. The van der Waals surface area contributed by atoms with Crippen LogP contribution >= 0.6 is 0 Å². The van der Waals surface area contributed by atoms with Crippen molar-refractivity contribution in [3.05, 3.63) is 187 Å². The SMILES string of the molecule is c1ccc(C2=NC(n3c4ccccc4c4cc(-c5ccc6c(c5)c5ccccc5n6-c5ccccc5)ccc43)[C@H]3C[C@]3(c3ccccc3)N2)cc1. The van der Waals surface area contributed by atoms with Gasteiger partial charge in [0.05, 0.1) is 27.6 Å². The molecule has 1 N–H and O–H groups in total. The number of hydrogen-bond donors (Lipinski definition) is 1. The first-order chi connectivity index (χ1) is 25.3. The fraction of sp³-hybridized carbons (Fsp3) is 0.0851. The monoisotopic (exact) mass is 654 g/mol. The molecule has 4 heteroatoms. The molecule has 0 radical (unpaired) electrons. The van der Waals surface area contributed by atoms with Crippen LogP contribution in [0, 0.1) is 5.92 Å². The number of para-hydroxylation sites is 3. The molecule has 242 valence electrons. The highest BCUT2D eigenvalue weighted by molar-refractivity contribution is 6.12. The third kappa shape index (κ3) is 4.23. The number of hydrogen-bond acceptors (Lipinski definition) is 2. The molecular formula is C47H34N4. The predicted molar refractivity (Wildman–Crippen MR) is 211 cm³/mol. The van der Waals surface area contributed by atoms with Crippen molar-refractivity contribution < 1.29 is 0 Å². The molecular weight excluding hydrogens is 621 g/mol. The van der Waals surface area contributed by atoms with Crippen LogP contribution in [0.2, 0.25) is 0 Å². The van der Waals surface area contributed by atoms with Crippen LogP contribution in [-0.2, 0) is 5.54 Å². The Balaban J connectivity index is 1.08. The maximum atomic E-state index is 5.53. The third-order valence-corrected chi connectivity index (χ3v) is 11.3. The van der Waals surface area contributed by atoms with Crippen molar-refractivity contribution in [3.63, 3.8) is 0 Å². The van der Waals surface area contributed by atoms with Crippen molar-refractivity contribution in [2.45, 2.75) is 18.1 Å². The zero-order valence-electron chi connectivity index (χ0n) is 27.9. The molecule has 0 saturated heterocycles. The molecule has 9 aromatic rings. The van der Waals surface area contributed by atoms with Crippen LogP contribution in [-0.4, -0.2) is 15.0 Å². The van der Waals surface area contributed by atoms with Gasteiger partial charge in [0.2, 0.25) is 0 Å². The maximum absolute atomic E-state index is 5.53. The Morgan fingerprint density at radius 2 is 1.02 bits per heavy atom. The molecule has 2 aromatic heterocycles. The molecule has 1 saturated carbocycles. The summed E-state index contributed by atoms with van der Waals surface area (Å²) in [7, 11) is 0. The number of nitrogens with zero attached hydrogens (tertiary/aromatic N) is 3. The average molecular weight is 655 g/mol. The largest absolute Gasteiger partial charge is 0.360 e. The fourth-order valence-electron chi connectivity index (χ4n) is 8.85. The van der Waals surface area contributed by atoms with E-state index in [2.05, 4.69) is 190 Å². The highest BCUT2D eigenvalue weighted by Crippen LogP contribution is 2.60. The Morgan fingerprint density at radius 3 is 1.75 bits per heavy atom. The lowest BCUT2D eigenvalue weighted by atomic mass is 9.98. The van der Waals surface area contributed by atoms with Crippen molar-refractivity contribution in [2.24, 2.45) is 10.9 Å². The highest BCUT2D eigenvalue weighted by Gasteiger charge is 2.62. The summed E-state index contributed by atoms with van der Waals surface area (Å²) in [6, 6.07) is 63.8. The van der Waals surface area contributed by atoms with Gasteiger partial charge in [-0.05, 0) is 71.6 Å². The van der Waals surface area contributed by atoms with Gasteiger partial charge in [-0.25, -0.2) is 4.99 Å². The van der Waals surface area contributed by atoms with Gasteiger partial charge in [-0.3, -0.25) is 0 Å². The third-order valence-electron chi connectivity index (χ3n) is 11.3. The molecule has 11 rings (SSSR count). The van der Waals surface area contributed by atoms with Crippen LogP contribution < -0.4 is 5.32 Å². The second kappa shape index (κ2) is 10.8. The molecule has 2 aliphatic rings. The maximum Gasteiger partial charge on any atom is 0.133 e. The van der Waals surface area contributed by atoms with E-state index in [1.165, 1.54) is 66.0 Å². The first-order valence-corrected chi connectivity index (χ1v) is 17.9. The van der Waals surface area contributed by atoms with Crippen LogP contribution in [0.1, 0.15) is 23.7 Å². The molecule has 1 unspecified atom stereocenters. The van der Waals surface area contributed by atoms with Crippen LogP contribution in [0.4, 0.5) is 0 Å². The minimum atomic E-state index is -0.148. The van der Waals surface area contributed by atoms with Gasteiger partial charge in [-0.1, -0.05) is 127 Å². The molecule has 3 heterocycles. The van der Waals surface area contributed by atoms with E-state index in [1.54, 1.807) is 0 Å². The van der Waals surface area contributed by atoms with E-state index in [0.29, 0.717) is 5.92 Å². The average Bonchev–Trinajstić information content (AvgIpc) is 3.76. The molecule has 1 aliphatic carbocycles. The van der Waals surface area contributed by atoms with E-state index in [4.69, 9.17) is 4.99 Å². The number of amidine groups is 1. The highest BCUT2D eigenvalue weighted by atomic mass is 15.3. The van der Waals surface area contributed by atoms with Crippen LogP contribution in [0.5, 0.6) is 0 Å². The standard InChI is InChI=1S/C47H34N4/c1-4-14-31(15-5-1)45-48-46(40-30-47(40,49-45)34-16-6-2-7-17-34)51-42-23-13-11-21-37(42)39-29-33(25-27-44(39)51)32-24-26-43-38(28-32)36-20-10-12-22-41(36)50(43)35-18-8-3-9-19-35/h1-29,40,46H,30H2,(H,48,49)/t40-,46?,47-/m1/s1. The van der Waals surface area contributed by atoms with Crippen molar-refractivity contribution in [2.75, 3.05) is 0 Å². The number of rotatable bonds is 5. The van der Waals surface area contributed by atoms with Crippen molar-refractivity contribution in [3.8, 4) is 16.8 Å². The van der Waals surface area contributed by atoms with Crippen LogP contribution in [0.25, 0.3) is 60.4 Å². The Bertz CT molecular complexity index is 2810. The van der Waals surface area contributed by atoms with Gasteiger partial charge in [0.1, 0.15) is 12.0 Å². The number of nitrogens with one attached hydrogen (secondary N) is 1. The molecule has 0 bridgehead atoms. The smallest absolute Gasteiger partial charge is 0.133 e. The lowest BCUT2D eigenvalue weighted by Crippen LogP contribution is -2.42. The fourth-order valence-corrected chi connectivity index (χ4v) is 8.85. The Morgan fingerprint density at radius 1 is 0.490 bits per heavy atom. The molecule has 4 nitrogen and oxygen atoms in total. The number of benzene rings is 7. The summed E-state index contributed by atoms with van der Waals surface area (Å²) >= 11 is 0. The van der Waals surface area contributed by atoms with Crippen molar-refractivity contribution >= 4 is 49.4 Å². The molecule has 7 aromatic carbocycles. The lowest BCUT2D eigenvalue weighted by Gasteiger charge is -2.31. The van der Waals surface area contributed by atoms with Gasteiger partial charge in [0, 0.05) is 38.7 Å². The van der Waals surface area contributed by atoms with Crippen molar-refractivity contribution in [1.29, 1.82) is 0 Å². The van der Waals surface area contributed by atoms with Crippen molar-refractivity contribution in [1.82, 2.24) is 14.5 Å². The second-order valence-electron chi connectivity index (χ2n) is 14.1. The topological polar surface area (TPSA) is 34.2 Å². The first kappa shape index (κ1) is 28.4. The molecule has 3 atom stereocenters. The second-order valence-corrected chi connectivity index (χ2v) is 14.1. The lowest BCUT2D eigenvalue weighted by molar-refractivity contribution is 0.398.